The minimum absolute atomic E-state index is 0.0136. The van der Waals surface area contributed by atoms with Crippen LogP contribution in [0.1, 0.15) is 49.7 Å². The maximum Gasteiger partial charge on any atom is 0.322 e. The molecule has 1 N–H and O–H groups in total. The van der Waals surface area contributed by atoms with Crippen LogP contribution in [0.5, 0.6) is 5.75 Å². The lowest BCUT2D eigenvalue weighted by molar-refractivity contribution is -0.144. The summed E-state index contributed by atoms with van der Waals surface area (Å²) >= 11 is 0. The highest BCUT2D eigenvalue weighted by molar-refractivity contribution is 7.89. The number of carbonyl (C=O) groups excluding carboxylic acids is 1. The topological polar surface area (TPSA) is 104 Å². The Labute approximate surface area is 200 Å². The zero-order valence-corrected chi connectivity index (χ0v) is 20.3. The largest absolute Gasteiger partial charge is 0.480 e. The molecular weight excluding hydrogens is 456 g/mol. The van der Waals surface area contributed by atoms with Crippen molar-refractivity contribution in [3.8, 4) is 5.75 Å². The second kappa shape index (κ2) is 9.76. The van der Waals surface area contributed by atoms with Crippen LogP contribution in [0.3, 0.4) is 0 Å². The van der Waals surface area contributed by atoms with E-state index in [1.165, 1.54) is 31.0 Å². The Morgan fingerprint density at radius 3 is 2.29 bits per heavy atom. The predicted molar refractivity (Wildman–Crippen MR) is 128 cm³/mol. The summed E-state index contributed by atoms with van der Waals surface area (Å²) in [5.41, 5.74) is 2.52. The summed E-state index contributed by atoms with van der Waals surface area (Å²) in [6.07, 6.45) is 3.26. The van der Waals surface area contributed by atoms with E-state index in [2.05, 4.69) is 4.90 Å². The molecular formula is C25H30N2O6S. The lowest BCUT2D eigenvalue weighted by atomic mass is 9.96. The number of aliphatic carboxylic acids is 1. The second-order valence-corrected chi connectivity index (χ2v) is 10.7. The van der Waals surface area contributed by atoms with Gasteiger partial charge in [0.05, 0.1) is 10.8 Å². The fourth-order valence-corrected chi connectivity index (χ4v) is 6.25. The van der Waals surface area contributed by atoms with E-state index in [9.17, 15) is 23.1 Å². The van der Waals surface area contributed by atoms with Crippen LogP contribution in [0.25, 0.3) is 0 Å². The van der Waals surface area contributed by atoms with Crippen molar-refractivity contribution < 1.29 is 27.9 Å². The molecule has 2 aromatic carbocycles. The number of anilines is 1. The van der Waals surface area contributed by atoms with Crippen molar-refractivity contribution in [2.24, 2.45) is 0 Å². The van der Waals surface area contributed by atoms with Gasteiger partial charge < -0.3 is 14.7 Å². The van der Waals surface area contributed by atoms with E-state index in [0.29, 0.717) is 18.4 Å². The fourth-order valence-electron chi connectivity index (χ4n) is 4.54. The van der Waals surface area contributed by atoms with Gasteiger partial charge in [0.2, 0.25) is 10.0 Å². The maximum atomic E-state index is 13.0. The number of nitrogens with zero attached hydrogens (tertiary/aromatic N) is 2. The Morgan fingerprint density at radius 1 is 1.09 bits per heavy atom. The van der Waals surface area contributed by atoms with Crippen LogP contribution in [0.15, 0.2) is 47.4 Å². The van der Waals surface area contributed by atoms with Crippen LogP contribution < -0.4 is 9.64 Å². The number of benzene rings is 2. The summed E-state index contributed by atoms with van der Waals surface area (Å²) in [6.45, 7) is 5.87. The molecule has 8 nitrogen and oxygen atoms in total. The molecule has 4 rings (SSSR count). The highest BCUT2D eigenvalue weighted by Gasteiger charge is 2.43. The summed E-state index contributed by atoms with van der Waals surface area (Å²) in [5.74, 6) is -1.71. The van der Waals surface area contributed by atoms with E-state index in [-0.39, 0.29) is 17.2 Å². The SMILES string of the molecule is CCC(C(=O)Oc1ccc(S(=O)(=O)N2CC[C@H]2C(=O)O)cc1C)c1ccc(N2CCCC2)cc1. The lowest BCUT2D eigenvalue weighted by Gasteiger charge is -2.36. The summed E-state index contributed by atoms with van der Waals surface area (Å²) in [5, 5.41) is 9.19. The van der Waals surface area contributed by atoms with Crippen LogP contribution in [0.2, 0.25) is 0 Å². The number of hydrogen-bond acceptors (Lipinski definition) is 6. The first kappa shape index (κ1) is 24.2. The molecule has 0 spiro atoms. The first-order valence-electron chi connectivity index (χ1n) is 11.6. The Bertz CT molecular complexity index is 1170. The second-order valence-electron chi connectivity index (χ2n) is 8.85. The van der Waals surface area contributed by atoms with Crippen molar-refractivity contribution >= 4 is 27.6 Å². The number of rotatable bonds is 8. The van der Waals surface area contributed by atoms with E-state index < -0.39 is 33.9 Å². The van der Waals surface area contributed by atoms with E-state index in [1.807, 2.05) is 31.2 Å². The van der Waals surface area contributed by atoms with Crippen LogP contribution >= 0.6 is 0 Å². The number of carboxylic acid groups (broad SMARTS) is 1. The highest BCUT2D eigenvalue weighted by atomic mass is 32.2. The van der Waals surface area contributed by atoms with Gasteiger partial charge in [0.1, 0.15) is 11.8 Å². The highest BCUT2D eigenvalue weighted by Crippen LogP contribution is 2.31. The molecule has 9 heteroatoms. The van der Waals surface area contributed by atoms with Gasteiger partial charge in [-0.15, -0.1) is 0 Å². The molecule has 0 aliphatic carbocycles. The molecule has 1 unspecified atom stereocenters. The predicted octanol–water partition coefficient (Wildman–Crippen LogP) is 3.54. The Hall–Kier alpha value is -2.91. The van der Waals surface area contributed by atoms with Crippen molar-refractivity contribution in [1.82, 2.24) is 4.31 Å². The third kappa shape index (κ3) is 4.67. The van der Waals surface area contributed by atoms with Crippen molar-refractivity contribution in [3.63, 3.8) is 0 Å². The quantitative estimate of drug-likeness (QED) is 0.449. The van der Waals surface area contributed by atoms with Gasteiger partial charge in [0.25, 0.3) is 0 Å². The van der Waals surface area contributed by atoms with Gasteiger partial charge in [-0.05, 0) is 74.1 Å². The van der Waals surface area contributed by atoms with Gasteiger partial charge in [-0.1, -0.05) is 19.1 Å². The van der Waals surface area contributed by atoms with E-state index in [1.54, 1.807) is 6.92 Å². The number of hydrogen-bond donors (Lipinski definition) is 1. The average Bonchev–Trinajstić information content (AvgIpc) is 3.29. The number of aryl methyl sites for hydroxylation is 1. The smallest absolute Gasteiger partial charge is 0.322 e. The zero-order valence-electron chi connectivity index (χ0n) is 19.4. The molecule has 2 saturated heterocycles. The number of ether oxygens (including phenoxy) is 1. The van der Waals surface area contributed by atoms with Crippen molar-refractivity contribution in [2.45, 2.75) is 56.4 Å². The first-order chi connectivity index (χ1) is 16.2. The molecule has 0 amide bonds. The molecule has 0 aromatic heterocycles. The Morgan fingerprint density at radius 2 is 1.76 bits per heavy atom. The summed E-state index contributed by atoms with van der Waals surface area (Å²) in [7, 11) is -3.93. The first-order valence-corrected chi connectivity index (χ1v) is 13.1. The van der Waals surface area contributed by atoms with Crippen LogP contribution in [0.4, 0.5) is 5.69 Å². The molecule has 2 atom stereocenters. The van der Waals surface area contributed by atoms with Crippen molar-refractivity contribution in [2.75, 3.05) is 24.5 Å². The minimum atomic E-state index is -3.93. The monoisotopic (exact) mass is 486 g/mol. The fraction of sp³-hybridized carbons (Fsp3) is 0.440. The lowest BCUT2D eigenvalue weighted by Crippen LogP contribution is -2.54. The molecule has 34 heavy (non-hydrogen) atoms. The normalized spacial score (nSPS) is 19.5. The maximum absolute atomic E-state index is 13.0. The molecule has 2 aromatic rings. The van der Waals surface area contributed by atoms with Crippen molar-refractivity contribution in [3.05, 3.63) is 53.6 Å². The van der Waals surface area contributed by atoms with Crippen LogP contribution in [-0.4, -0.2) is 55.4 Å². The van der Waals surface area contributed by atoms with E-state index in [0.717, 1.165) is 28.6 Å². The third-order valence-electron chi connectivity index (χ3n) is 6.68. The van der Waals surface area contributed by atoms with Gasteiger partial charge in [0, 0.05) is 25.3 Å². The minimum Gasteiger partial charge on any atom is -0.480 e. The van der Waals surface area contributed by atoms with Crippen molar-refractivity contribution in [1.29, 1.82) is 0 Å². The molecule has 2 aliphatic rings. The van der Waals surface area contributed by atoms with Gasteiger partial charge in [0.15, 0.2) is 0 Å². The van der Waals surface area contributed by atoms with Gasteiger partial charge in [-0.3, -0.25) is 9.59 Å². The number of carbonyl (C=O) groups is 2. The van der Waals surface area contributed by atoms with E-state index in [4.69, 9.17) is 4.74 Å². The zero-order chi connectivity index (χ0) is 24.5. The average molecular weight is 487 g/mol. The molecule has 182 valence electrons. The summed E-state index contributed by atoms with van der Waals surface area (Å²) < 4.78 is 32.3. The molecule has 0 bridgehead atoms. The molecule has 2 aliphatic heterocycles. The number of esters is 1. The number of carboxylic acids is 1. The standard InChI is InChI=1S/C25H30N2O6S/c1-3-21(18-6-8-19(9-7-18)26-13-4-5-14-26)25(30)33-23-11-10-20(16-17(23)2)34(31,32)27-15-12-22(27)24(28)29/h6-11,16,21-22H,3-5,12-15H2,1-2H3,(H,28,29)/t21?,22-/m0/s1. The Balaban J connectivity index is 1.47. The number of sulfonamides is 1. The molecule has 0 radical (unpaired) electrons. The summed E-state index contributed by atoms with van der Waals surface area (Å²) in [4.78, 5) is 26.5. The molecule has 2 fully saturated rings. The summed E-state index contributed by atoms with van der Waals surface area (Å²) in [6, 6.07) is 11.2. The Kier molecular flexibility index (Phi) is 6.95. The third-order valence-corrected chi connectivity index (χ3v) is 8.58. The molecule has 0 saturated carbocycles. The van der Waals surface area contributed by atoms with Gasteiger partial charge in [-0.2, -0.15) is 4.31 Å². The van der Waals surface area contributed by atoms with Gasteiger partial charge >= 0.3 is 11.9 Å². The van der Waals surface area contributed by atoms with Gasteiger partial charge in [-0.25, -0.2) is 8.42 Å². The van der Waals surface area contributed by atoms with Crippen LogP contribution in [-0.2, 0) is 19.6 Å². The van der Waals surface area contributed by atoms with Crippen LogP contribution in [0, 0.1) is 6.92 Å². The van der Waals surface area contributed by atoms with E-state index >= 15 is 0 Å². The molecule has 2 heterocycles.